The average Bonchev–Trinajstić information content (AvgIpc) is 2.20. The molecule has 0 spiro atoms. The highest BCUT2D eigenvalue weighted by molar-refractivity contribution is 7.91. The van der Waals surface area contributed by atoms with Crippen LogP contribution in [0.25, 0.3) is 0 Å². The van der Waals surface area contributed by atoms with Crippen molar-refractivity contribution in [2.75, 3.05) is 6.54 Å². The Bertz CT molecular complexity index is 414. The summed E-state index contributed by atoms with van der Waals surface area (Å²) in [6, 6.07) is 6.78. The summed E-state index contributed by atoms with van der Waals surface area (Å²) in [4.78, 5) is 0. The van der Waals surface area contributed by atoms with E-state index in [2.05, 4.69) is 0 Å². The number of nitrogens with two attached hydrogens (primary N) is 1. The molecule has 0 bridgehead atoms. The van der Waals surface area contributed by atoms with E-state index < -0.39 is 15.1 Å². The summed E-state index contributed by atoms with van der Waals surface area (Å²) < 4.78 is 23.4. The van der Waals surface area contributed by atoms with Gasteiger partial charge in [-0.3, -0.25) is 0 Å². The third-order valence-corrected chi connectivity index (χ3v) is 4.63. The molecule has 0 aromatic heterocycles. The lowest BCUT2D eigenvalue weighted by Gasteiger charge is -2.10. The van der Waals surface area contributed by atoms with Gasteiger partial charge in [0.2, 0.25) is 0 Å². The Morgan fingerprint density at radius 2 is 1.87 bits per heavy atom. The minimum atomic E-state index is -3.14. The largest absolute Gasteiger partial charge is 0.329 e. The maximum absolute atomic E-state index is 11.7. The van der Waals surface area contributed by atoms with Crippen LogP contribution in [-0.2, 0) is 15.6 Å². The zero-order chi connectivity index (χ0) is 11.5. The van der Waals surface area contributed by atoms with Crippen LogP contribution in [-0.4, -0.2) is 20.2 Å². The smallest absolute Gasteiger partial charge is 0.158 e. The molecule has 1 rings (SSSR count). The molecule has 0 aliphatic heterocycles. The molecule has 0 saturated carbocycles. The van der Waals surface area contributed by atoms with Gasteiger partial charge < -0.3 is 5.73 Å². The topological polar surface area (TPSA) is 60.2 Å². The third kappa shape index (κ3) is 3.48. The first-order chi connectivity index (χ1) is 6.95. The predicted octanol–water partition coefficient (Wildman–Crippen LogP) is 1.60. The first-order valence-electron chi connectivity index (χ1n) is 4.62. The van der Waals surface area contributed by atoms with Crippen LogP contribution in [0.1, 0.15) is 12.5 Å². The Labute approximate surface area is 95.2 Å². The van der Waals surface area contributed by atoms with Crippen LogP contribution >= 0.6 is 11.6 Å². The highest BCUT2D eigenvalue weighted by Crippen LogP contribution is 2.14. The molecule has 0 radical (unpaired) electrons. The van der Waals surface area contributed by atoms with Crippen LogP contribution in [0.3, 0.4) is 0 Å². The molecule has 5 heteroatoms. The summed E-state index contributed by atoms with van der Waals surface area (Å²) in [5.41, 5.74) is 6.07. The second-order valence-electron chi connectivity index (χ2n) is 3.48. The Kier molecular flexibility index (Phi) is 4.13. The van der Waals surface area contributed by atoms with Crippen molar-refractivity contribution in [3.63, 3.8) is 0 Å². The molecule has 84 valence electrons. The first-order valence-corrected chi connectivity index (χ1v) is 6.71. The lowest BCUT2D eigenvalue weighted by molar-refractivity contribution is 0.583. The molecule has 3 nitrogen and oxygen atoms in total. The van der Waals surface area contributed by atoms with E-state index in [4.69, 9.17) is 17.3 Å². The number of hydrogen-bond acceptors (Lipinski definition) is 3. The molecule has 0 aliphatic rings. The van der Waals surface area contributed by atoms with Gasteiger partial charge in [0, 0.05) is 11.6 Å². The summed E-state index contributed by atoms with van der Waals surface area (Å²) in [6.45, 7) is 1.77. The second-order valence-corrected chi connectivity index (χ2v) is 6.34. The van der Waals surface area contributed by atoms with E-state index in [1.807, 2.05) is 0 Å². The van der Waals surface area contributed by atoms with Gasteiger partial charge in [0.1, 0.15) is 0 Å². The maximum Gasteiger partial charge on any atom is 0.158 e. The summed E-state index contributed by atoms with van der Waals surface area (Å²) in [7, 11) is -3.14. The first kappa shape index (κ1) is 12.5. The van der Waals surface area contributed by atoms with Crippen molar-refractivity contribution in [3.8, 4) is 0 Å². The molecular formula is C10H14ClNO2S. The average molecular weight is 248 g/mol. The SMILES string of the molecule is CC(CN)S(=O)(=O)Cc1ccc(Cl)cc1. The number of sulfone groups is 1. The molecule has 1 aromatic rings. The van der Waals surface area contributed by atoms with Crippen molar-refractivity contribution in [1.29, 1.82) is 0 Å². The van der Waals surface area contributed by atoms with E-state index in [1.165, 1.54) is 0 Å². The number of benzene rings is 1. The van der Waals surface area contributed by atoms with Crippen LogP contribution in [0, 0.1) is 0 Å². The third-order valence-electron chi connectivity index (χ3n) is 2.23. The van der Waals surface area contributed by atoms with Crippen molar-refractivity contribution in [2.45, 2.75) is 17.9 Å². The highest BCUT2D eigenvalue weighted by atomic mass is 35.5. The van der Waals surface area contributed by atoms with Crippen LogP contribution in [0.4, 0.5) is 0 Å². The Balaban J connectivity index is 2.82. The molecule has 1 unspecified atom stereocenters. The van der Waals surface area contributed by atoms with Crippen LogP contribution in [0.15, 0.2) is 24.3 Å². The minimum absolute atomic E-state index is 0.0164. The molecule has 0 fully saturated rings. The van der Waals surface area contributed by atoms with Gasteiger partial charge >= 0.3 is 0 Å². The summed E-state index contributed by atoms with van der Waals surface area (Å²) in [5, 5.41) is 0.0937. The van der Waals surface area contributed by atoms with Crippen molar-refractivity contribution < 1.29 is 8.42 Å². The second kappa shape index (κ2) is 4.96. The van der Waals surface area contributed by atoms with E-state index in [1.54, 1.807) is 31.2 Å². The number of hydrogen-bond donors (Lipinski definition) is 1. The predicted molar refractivity (Wildman–Crippen MR) is 62.6 cm³/mol. The normalized spacial score (nSPS) is 13.8. The van der Waals surface area contributed by atoms with E-state index in [0.717, 1.165) is 5.56 Å². The van der Waals surface area contributed by atoms with Gasteiger partial charge in [0.15, 0.2) is 9.84 Å². The number of halogens is 1. The van der Waals surface area contributed by atoms with E-state index in [0.29, 0.717) is 5.02 Å². The molecule has 1 aromatic carbocycles. The molecule has 0 aliphatic carbocycles. The molecule has 2 N–H and O–H groups in total. The Morgan fingerprint density at radius 1 is 1.33 bits per heavy atom. The van der Waals surface area contributed by atoms with Gasteiger partial charge in [-0.25, -0.2) is 8.42 Å². The lowest BCUT2D eigenvalue weighted by Crippen LogP contribution is -2.27. The standard InChI is InChI=1S/C10H14ClNO2S/c1-8(6-12)15(13,14)7-9-2-4-10(11)5-3-9/h2-5,8H,6-7,12H2,1H3. The zero-order valence-electron chi connectivity index (χ0n) is 8.48. The van der Waals surface area contributed by atoms with Crippen molar-refractivity contribution in [3.05, 3.63) is 34.9 Å². The van der Waals surface area contributed by atoms with Crippen LogP contribution < -0.4 is 5.73 Å². The van der Waals surface area contributed by atoms with Crippen LogP contribution in [0.5, 0.6) is 0 Å². The minimum Gasteiger partial charge on any atom is -0.329 e. The zero-order valence-corrected chi connectivity index (χ0v) is 10.1. The maximum atomic E-state index is 11.7. The fourth-order valence-corrected chi connectivity index (χ4v) is 2.46. The van der Waals surface area contributed by atoms with Crippen molar-refractivity contribution in [1.82, 2.24) is 0 Å². The van der Waals surface area contributed by atoms with E-state index in [9.17, 15) is 8.42 Å². The fourth-order valence-electron chi connectivity index (χ4n) is 1.10. The molecule has 0 heterocycles. The molecular weight excluding hydrogens is 234 g/mol. The van der Waals surface area contributed by atoms with Gasteiger partial charge in [-0.05, 0) is 24.6 Å². The van der Waals surface area contributed by atoms with Gasteiger partial charge in [-0.15, -0.1) is 0 Å². The van der Waals surface area contributed by atoms with Gasteiger partial charge in [-0.2, -0.15) is 0 Å². The van der Waals surface area contributed by atoms with Gasteiger partial charge in [-0.1, -0.05) is 23.7 Å². The molecule has 15 heavy (non-hydrogen) atoms. The number of rotatable bonds is 4. The molecule has 0 saturated heterocycles. The Morgan fingerprint density at radius 3 is 2.33 bits per heavy atom. The molecule has 1 atom stereocenters. The van der Waals surface area contributed by atoms with Crippen molar-refractivity contribution >= 4 is 21.4 Å². The van der Waals surface area contributed by atoms with E-state index in [-0.39, 0.29) is 12.3 Å². The monoisotopic (exact) mass is 247 g/mol. The summed E-state index contributed by atoms with van der Waals surface area (Å²) in [6.07, 6.45) is 0. The van der Waals surface area contributed by atoms with Crippen molar-refractivity contribution in [2.24, 2.45) is 5.73 Å². The van der Waals surface area contributed by atoms with E-state index >= 15 is 0 Å². The quantitative estimate of drug-likeness (QED) is 0.879. The fraction of sp³-hybridized carbons (Fsp3) is 0.400. The highest BCUT2D eigenvalue weighted by Gasteiger charge is 2.19. The lowest BCUT2D eigenvalue weighted by atomic mass is 10.2. The van der Waals surface area contributed by atoms with Gasteiger partial charge in [0.05, 0.1) is 11.0 Å². The Hall–Kier alpha value is -0.580. The van der Waals surface area contributed by atoms with Gasteiger partial charge in [0.25, 0.3) is 0 Å². The molecule has 0 amide bonds. The summed E-state index contributed by atoms with van der Waals surface area (Å²) in [5.74, 6) is 0.0164. The summed E-state index contributed by atoms with van der Waals surface area (Å²) >= 11 is 5.70. The van der Waals surface area contributed by atoms with Crippen LogP contribution in [0.2, 0.25) is 5.02 Å².